The molecular formula is C25H32FN7O2S2. The molecule has 2 atom stereocenters. The zero-order chi connectivity index (χ0) is 25.9. The second-order valence-corrected chi connectivity index (χ2v) is 13.9. The molecule has 2 aromatic heterocycles. The van der Waals surface area contributed by atoms with Crippen LogP contribution in [0, 0.1) is 11.2 Å². The quantitative estimate of drug-likeness (QED) is 0.294. The van der Waals surface area contributed by atoms with Crippen molar-refractivity contribution >= 4 is 38.7 Å². The van der Waals surface area contributed by atoms with Crippen molar-refractivity contribution in [2.75, 3.05) is 40.5 Å². The molecule has 3 aromatic rings. The summed E-state index contributed by atoms with van der Waals surface area (Å²) in [5.74, 6) is 1.02. The summed E-state index contributed by atoms with van der Waals surface area (Å²) in [6, 6.07) is 7.48. The summed E-state index contributed by atoms with van der Waals surface area (Å²) < 4.78 is 34.8. The molecule has 198 valence electrons. The molecule has 0 radical (unpaired) electrons. The third kappa shape index (κ3) is 4.54. The Morgan fingerprint density at radius 1 is 1.16 bits per heavy atom. The molecule has 6 N–H and O–H groups in total. The number of anilines is 3. The topological polar surface area (TPSA) is 132 Å². The number of rotatable bonds is 5. The zero-order valence-electron chi connectivity index (χ0n) is 20.8. The molecule has 1 aliphatic carbocycles. The summed E-state index contributed by atoms with van der Waals surface area (Å²) in [5, 5.41) is 7.67. The fourth-order valence-electron chi connectivity index (χ4n) is 6.02. The molecule has 1 saturated carbocycles. The highest BCUT2D eigenvalue weighted by Crippen LogP contribution is 2.66. The van der Waals surface area contributed by atoms with Crippen molar-refractivity contribution in [3.05, 3.63) is 36.3 Å². The van der Waals surface area contributed by atoms with E-state index in [0.29, 0.717) is 34.4 Å². The molecule has 0 amide bonds. The summed E-state index contributed by atoms with van der Waals surface area (Å²) in [4.78, 5) is 17.2. The number of aromatic nitrogens is 3. The lowest BCUT2D eigenvalue weighted by Crippen LogP contribution is -2.57. The SMILES string of the molecule is C[C@H]1CNC[C@H](C)N1c1nc(-c2cccc(N)c2F)c(-c2ccnc(NC3CC4(C3)CS(O)(O)C4)n2)s1. The summed E-state index contributed by atoms with van der Waals surface area (Å²) in [6.45, 7) is 6.01. The van der Waals surface area contributed by atoms with Crippen molar-refractivity contribution in [1.29, 1.82) is 0 Å². The highest BCUT2D eigenvalue weighted by Gasteiger charge is 2.56. The van der Waals surface area contributed by atoms with E-state index in [2.05, 4.69) is 34.4 Å². The van der Waals surface area contributed by atoms with Crippen molar-refractivity contribution in [2.24, 2.45) is 5.41 Å². The van der Waals surface area contributed by atoms with E-state index in [0.717, 1.165) is 35.9 Å². The summed E-state index contributed by atoms with van der Waals surface area (Å²) in [5.41, 5.74) is 7.59. The van der Waals surface area contributed by atoms with Gasteiger partial charge in [-0.2, -0.15) is 10.6 Å². The summed E-state index contributed by atoms with van der Waals surface area (Å²) in [6.07, 6.45) is 3.45. The number of hydrogen-bond donors (Lipinski definition) is 5. The van der Waals surface area contributed by atoms with E-state index in [1.807, 2.05) is 6.07 Å². The Kier molecular flexibility index (Phi) is 6.07. The number of nitrogens with two attached hydrogens (primary N) is 1. The minimum absolute atomic E-state index is 0.0509. The Balaban J connectivity index is 1.33. The molecule has 9 nitrogen and oxygen atoms in total. The maximum atomic E-state index is 15.2. The lowest BCUT2D eigenvalue weighted by molar-refractivity contribution is 0.140. The smallest absolute Gasteiger partial charge is 0.223 e. The molecule has 6 rings (SSSR count). The van der Waals surface area contributed by atoms with Crippen LogP contribution in [0.4, 0.5) is 21.2 Å². The van der Waals surface area contributed by atoms with E-state index in [1.54, 1.807) is 24.4 Å². The molecule has 37 heavy (non-hydrogen) atoms. The third-order valence-corrected chi connectivity index (χ3v) is 10.8. The Hall–Kier alpha value is -2.51. The van der Waals surface area contributed by atoms with Gasteiger partial charge in [-0.15, -0.1) is 0 Å². The van der Waals surface area contributed by atoms with E-state index in [1.165, 1.54) is 11.3 Å². The van der Waals surface area contributed by atoms with Crippen LogP contribution in [-0.2, 0) is 0 Å². The van der Waals surface area contributed by atoms with Crippen LogP contribution in [0.25, 0.3) is 21.8 Å². The van der Waals surface area contributed by atoms with Crippen LogP contribution in [0.1, 0.15) is 26.7 Å². The van der Waals surface area contributed by atoms with Crippen LogP contribution in [0.3, 0.4) is 0 Å². The zero-order valence-corrected chi connectivity index (χ0v) is 22.4. The second kappa shape index (κ2) is 9.05. The number of halogens is 1. The van der Waals surface area contributed by atoms with Crippen molar-refractivity contribution in [1.82, 2.24) is 20.3 Å². The predicted molar refractivity (Wildman–Crippen MR) is 149 cm³/mol. The maximum Gasteiger partial charge on any atom is 0.223 e. The minimum Gasteiger partial charge on any atom is -0.396 e. The van der Waals surface area contributed by atoms with E-state index < -0.39 is 16.4 Å². The molecule has 1 spiro atoms. The number of nitrogens with zero attached hydrogens (tertiary/aromatic N) is 4. The van der Waals surface area contributed by atoms with Crippen LogP contribution in [0.2, 0.25) is 0 Å². The number of benzene rings is 1. The second-order valence-electron chi connectivity index (χ2n) is 10.8. The van der Waals surface area contributed by atoms with Crippen LogP contribution >= 0.6 is 21.9 Å². The number of hydrogen-bond acceptors (Lipinski definition) is 10. The highest BCUT2D eigenvalue weighted by atomic mass is 32.3. The van der Waals surface area contributed by atoms with Gasteiger partial charge in [0.1, 0.15) is 0 Å². The Morgan fingerprint density at radius 2 is 1.89 bits per heavy atom. The Labute approximate surface area is 221 Å². The number of thiazole rings is 1. The van der Waals surface area contributed by atoms with Gasteiger partial charge in [0.2, 0.25) is 5.95 Å². The predicted octanol–water partition coefficient (Wildman–Crippen LogP) is 4.50. The Bertz CT molecular complexity index is 1310. The van der Waals surface area contributed by atoms with Gasteiger partial charge in [0, 0.05) is 59.9 Å². The standard InChI is InChI=1S/C25H32FN7O2S2/c1-14-10-28-11-15(2)33(14)24-32-21(17-4-3-5-18(27)20(17)26)22(36-24)19-6-7-29-23(31-19)30-16-8-25(9-16)12-37(34,35)13-25/h3-7,14-16,28,34-35H,8-13,27H2,1-2H3,(H,29,30,31)/t14-,15-/m0/s1. The first-order valence-corrected chi connectivity index (χ1v) is 15.2. The van der Waals surface area contributed by atoms with Gasteiger partial charge in [-0.3, -0.25) is 9.11 Å². The maximum absolute atomic E-state index is 15.2. The average molecular weight is 546 g/mol. The van der Waals surface area contributed by atoms with Gasteiger partial charge < -0.3 is 21.3 Å². The van der Waals surface area contributed by atoms with Gasteiger partial charge in [0.25, 0.3) is 0 Å². The lowest BCUT2D eigenvalue weighted by atomic mass is 9.67. The number of nitrogen functional groups attached to an aromatic ring is 1. The van der Waals surface area contributed by atoms with Gasteiger partial charge in [0.05, 0.1) is 22.0 Å². The van der Waals surface area contributed by atoms with Gasteiger partial charge in [-0.1, -0.05) is 17.4 Å². The van der Waals surface area contributed by atoms with E-state index in [9.17, 15) is 9.11 Å². The van der Waals surface area contributed by atoms with Crippen LogP contribution in [-0.4, -0.2) is 66.8 Å². The van der Waals surface area contributed by atoms with E-state index >= 15 is 4.39 Å². The number of nitrogens with one attached hydrogen (secondary N) is 2. The molecule has 1 aromatic carbocycles. The summed E-state index contributed by atoms with van der Waals surface area (Å²) in [7, 11) is -2.35. The number of piperazine rings is 1. The lowest BCUT2D eigenvalue weighted by Gasteiger charge is -2.63. The monoisotopic (exact) mass is 545 g/mol. The fourth-order valence-corrected chi connectivity index (χ4v) is 9.62. The molecule has 2 saturated heterocycles. The average Bonchev–Trinajstić information content (AvgIpc) is 3.23. The van der Waals surface area contributed by atoms with E-state index in [4.69, 9.17) is 15.7 Å². The van der Waals surface area contributed by atoms with Gasteiger partial charge in [-0.25, -0.2) is 19.3 Å². The largest absolute Gasteiger partial charge is 0.396 e. The minimum atomic E-state index is -2.35. The summed E-state index contributed by atoms with van der Waals surface area (Å²) >= 11 is 1.50. The van der Waals surface area contributed by atoms with Crippen LogP contribution in [0.5, 0.6) is 0 Å². The Morgan fingerprint density at radius 3 is 2.59 bits per heavy atom. The first-order chi connectivity index (χ1) is 17.6. The van der Waals surface area contributed by atoms with Crippen molar-refractivity contribution < 1.29 is 13.5 Å². The molecule has 3 aliphatic rings. The molecule has 4 heterocycles. The van der Waals surface area contributed by atoms with Crippen molar-refractivity contribution in [3.63, 3.8) is 0 Å². The van der Waals surface area contributed by atoms with E-state index in [-0.39, 0.29) is 29.2 Å². The third-order valence-electron chi connectivity index (χ3n) is 7.60. The first-order valence-electron chi connectivity index (χ1n) is 12.5. The van der Waals surface area contributed by atoms with Crippen molar-refractivity contribution in [2.45, 2.75) is 44.8 Å². The van der Waals surface area contributed by atoms with Crippen molar-refractivity contribution in [3.8, 4) is 21.8 Å². The van der Waals surface area contributed by atoms with Crippen LogP contribution in [0.15, 0.2) is 30.5 Å². The fraction of sp³-hybridized carbons (Fsp3) is 0.480. The highest BCUT2D eigenvalue weighted by molar-refractivity contribution is 8.25. The molecule has 12 heteroatoms. The van der Waals surface area contributed by atoms with Crippen LogP contribution < -0.4 is 21.3 Å². The molecule has 3 fully saturated rings. The molecular weight excluding hydrogens is 513 g/mol. The molecule has 0 unspecified atom stereocenters. The normalized spacial score (nSPS) is 25.4. The molecule has 0 bridgehead atoms. The first kappa shape index (κ1) is 24.8. The van der Waals surface area contributed by atoms with Gasteiger partial charge in [-0.05, 0) is 44.9 Å². The van der Waals surface area contributed by atoms with Gasteiger partial charge in [0.15, 0.2) is 10.9 Å². The molecule has 2 aliphatic heterocycles. The van der Waals surface area contributed by atoms with Gasteiger partial charge >= 0.3 is 0 Å².